The summed E-state index contributed by atoms with van der Waals surface area (Å²) in [5.74, 6) is 1.65. The van der Waals surface area contributed by atoms with Gasteiger partial charge in [-0.15, -0.1) is 0 Å². The largest absolute Gasteiger partial charge is 0.487 e. The lowest BCUT2D eigenvalue weighted by Crippen LogP contribution is -2.37. The summed E-state index contributed by atoms with van der Waals surface area (Å²) in [6, 6.07) is 24.4. The lowest BCUT2D eigenvalue weighted by molar-refractivity contribution is 0.301. The number of aliphatic imine (C=N–C) groups is 1. The number of nitrogens with zero attached hydrogens (tertiary/aromatic N) is 2. The monoisotopic (exact) mass is 388 g/mol. The second-order valence-corrected chi connectivity index (χ2v) is 6.70. The summed E-state index contributed by atoms with van der Waals surface area (Å²) in [5, 5.41) is 6.72. The molecule has 3 rings (SSSR count). The van der Waals surface area contributed by atoms with Crippen LogP contribution in [0.3, 0.4) is 0 Å². The first-order valence-corrected chi connectivity index (χ1v) is 9.93. The van der Waals surface area contributed by atoms with Gasteiger partial charge in [-0.1, -0.05) is 48.5 Å². The Hall–Kier alpha value is -3.34. The zero-order chi connectivity index (χ0) is 20.2. The second kappa shape index (κ2) is 11.5. The molecule has 2 N–H and O–H groups in total. The molecule has 0 fully saturated rings. The van der Waals surface area contributed by atoms with Gasteiger partial charge in [0.25, 0.3) is 0 Å². The van der Waals surface area contributed by atoms with E-state index in [4.69, 9.17) is 4.74 Å². The van der Waals surface area contributed by atoms with Crippen molar-refractivity contribution in [1.29, 1.82) is 0 Å². The van der Waals surface area contributed by atoms with Gasteiger partial charge in [-0.3, -0.25) is 9.98 Å². The smallest absolute Gasteiger partial charge is 0.191 e. The quantitative estimate of drug-likeness (QED) is 0.331. The van der Waals surface area contributed by atoms with Crippen LogP contribution in [0.4, 0.5) is 0 Å². The summed E-state index contributed by atoms with van der Waals surface area (Å²) < 4.78 is 5.78. The predicted octanol–water partition coefficient (Wildman–Crippen LogP) is 3.96. The summed E-state index contributed by atoms with van der Waals surface area (Å²) in [7, 11) is 1.79. The normalized spacial score (nSPS) is 11.1. The molecule has 5 heteroatoms. The molecule has 0 aliphatic carbocycles. The Balaban J connectivity index is 1.36. The molecule has 29 heavy (non-hydrogen) atoms. The molecule has 0 bridgehead atoms. The molecular weight excluding hydrogens is 360 g/mol. The Morgan fingerprint density at radius 2 is 1.69 bits per heavy atom. The van der Waals surface area contributed by atoms with Crippen molar-refractivity contribution >= 4 is 5.96 Å². The van der Waals surface area contributed by atoms with E-state index in [0.717, 1.165) is 36.8 Å². The zero-order valence-corrected chi connectivity index (χ0v) is 16.8. The highest BCUT2D eigenvalue weighted by molar-refractivity contribution is 5.79. The molecule has 1 heterocycles. The first kappa shape index (κ1) is 20.4. The minimum absolute atomic E-state index is 0.470. The Bertz CT molecular complexity index is 864. The Morgan fingerprint density at radius 3 is 2.41 bits per heavy atom. The maximum absolute atomic E-state index is 5.78. The molecular formula is C24H28N4O. The number of guanidine groups is 1. The Labute approximate surface area is 172 Å². The average Bonchev–Trinajstić information content (AvgIpc) is 2.79. The highest BCUT2D eigenvalue weighted by Gasteiger charge is 2.01. The Kier molecular flexibility index (Phi) is 8.08. The van der Waals surface area contributed by atoms with Crippen molar-refractivity contribution < 1.29 is 4.74 Å². The van der Waals surface area contributed by atoms with Crippen molar-refractivity contribution in [3.8, 4) is 5.75 Å². The summed E-state index contributed by atoms with van der Waals surface area (Å²) in [4.78, 5) is 8.55. The number of aryl methyl sites for hydroxylation is 1. The van der Waals surface area contributed by atoms with E-state index in [1.165, 1.54) is 11.1 Å². The maximum atomic E-state index is 5.78. The number of hydrogen-bond acceptors (Lipinski definition) is 3. The van der Waals surface area contributed by atoms with Crippen molar-refractivity contribution in [1.82, 2.24) is 15.6 Å². The molecule has 2 aromatic carbocycles. The molecule has 0 radical (unpaired) electrons. The molecule has 0 unspecified atom stereocenters. The topological polar surface area (TPSA) is 58.5 Å². The third-order valence-corrected chi connectivity index (χ3v) is 4.50. The van der Waals surface area contributed by atoms with Gasteiger partial charge >= 0.3 is 0 Å². The van der Waals surface area contributed by atoms with E-state index in [-0.39, 0.29) is 0 Å². The van der Waals surface area contributed by atoms with Gasteiger partial charge in [-0.05, 0) is 48.2 Å². The van der Waals surface area contributed by atoms with Gasteiger partial charge in [0.15, 0.2) is 5.96 Å². The number of benzene rings is 2. The van der Waals surface area contributed by atoms with E-state index >= 15 is 0 Å². The molecule has 150 valence electrons. The van der Waals surface area contributed by atoms with Crippen LogP contribution in [0.15, 0.2) is 84.0 Å². The van der Waals surface area contributed by atoms with Crippen molar-refractivity contribution in [3.63, 3.8) is 0 Å². The molecule has 0 amide bonds. The van der Waals surface area contributed by atoms with Crippen molar-refractivity contribution in [2.45, 2.75) is 26.0 Å². The average molecular weight is 389 g/mol. The van der Waals surface area contributed by atoms with Crippen LogP contribution in [0.25, 0.3) is 0 Å². The summed E-state index contributed by atoms with van der Waals surface area (Å²) in [5.41, 5.74) is 3.45. The number of pyridine rings is 1. The molecule has 5 nitrogen and oxygen atoms in total. The molecule has 3 aromatic rings. The number of nitrogens with one attached hydrogen (secondary N) is 2. The van der Waals surface area contributed by atoms with Gasteiger partial charge in [0, 0.05) is 26.3 Å². The molecule has 0 aliphatic heterocycles. The highest BCUT2D eigenvalue weighted by Crippen LogP contribution is 2.13. The number of hydrogen-bond donors (Lipinski definition) is 2. The van der Waals surface area contributed by atoms with E-state index in [1.807, 2.05) is 36.4 Å². The molecule has 0 saturated carbocycles. The number of aromatic nitrogens is 1. The molecule has 0 atom stereocenters. The zero-order valence-electron chi connectivity index (χ0n) is 16.8. The molecule has 0 aliphatic rings. The predicted molar refractivity (Wildman–Crippen MR) is 118 cm³/mol. The standard InChI is InChI=1S/C24H28N4O/c1-25-24(27-17-7-10-20-8-3-2-4-9-20)28-18-21-12-14-23(15-13-21)29-19-22-11-5-6-16-26-22/h2-6,8-9,11-16H,7,10,17-19H2,1H3,(H2,25,27,28). The van der Waals surface area contributed by atoms with E-state index in [9.17, 15) is 0 Å². The van der Waals surface area contributed by atoms with Crippen LogP contribution < -0.4 is 15.4 Å². The third kappa shape index (κ3) is 7.30. The van der Waals surface area contributed by atoms with Gasteiger partial charge in [0.2, 0.25) is 0 Å². The van der Waals surface area contributed by atoms with Crippen molar-refractivity contribution in [3.05, 3.63) is 95.8 Å². The molecule has 0 saturated heterocycles. The van der Waals surface area contributed by atoms with Gasteiger partial charge in [-0.25, -0.2) is 0 Å². The van der Waals surface area contributed by atoms with Crippen LogP contribution >= 0.6 is 0 Å². The van der Waals surface area contributed by atoms with Crippen molar-refractivity contribution in [2.24, 2.45) is 4.99 Å². The minimum Gasteiger partial charge on any atom is -0.487 e. The summed E-state index contributed by atoms with van der Waals surface area (Å²) in [6.45, 7) is 2.06. The maximum Gasteiger partial charge on any atom is 0.191 e. The van der Waals surface area contributed by atoms with E-state index in [1.54, 1.807) is 13.2 Å². The van der Waals surface area contributed by atoms with E-state index in [0.29, 0.717) is 13.2 Å². The first-order chi connectivity index (χ1) is 14.3. The SMILES string of the molecule is CN=C(NCCCc1ccccc1)NCc1ccc(OCc2ccccn2)cc1. The number of ether oxygens (including phenoxy) is 1. The van der Waals surface area contributed by atoms with E-state index < -0.39 is 0 Å². The van der Waals surface area contributed by atoms with Crippen molar-refractivity contribution in [2.75, 3.05) is 13.6 Å². The minimum atomic E-state index is 0.470. The van der Waals surface area contributed by atoms with Gasteiger partial charge < -0.3 is 15.4 Å². The fourth-order valence-electron chi connectivity index (χ4n) is 2.89. The van der Waals surface area contributed by atoms with Gasteiger partial charge in [0.1, 0.15) is 12.4 Å². The third-order valence-electron chi connectivity index (χ3n) is 4.50. The fourth-order valence-corrected chi connectivity index (χ4v) is 2.89. The van der Waals surface area contributed by atoms with Crippen LogP contribution in [0.5, 0.6) is 5.75 Å². The summed E-state index contributed by atoms with van der Waals surface area (Å²) >= 11 is 0. The lowest BCUT2D eigenvalue weighted by Gasteiger charge is -2.12. The van der Waals surface area contributed by atoms with Crippen LogP contribution in [0, 0.1) is 0 Å². The fraction of sp³-hybridized carbons (Fsp3) is 0.250. The molecule has 0 spiro atoms. The van der Waals surface area contributed by atoms with Crippen LogP contribution in [0.2, 0.25) is 0 Å². The van der Waals surface area contributed by atoms with Gasteiger partial charge in [-0.2, -0.15) is 0 Å². The van der Waals surface area contributed by atoms with Crippen LogP contribution in [-0.2, 0) is 19.6 Å². The number of rotatable bonds is 9. The Morgan fingerprint density at radius 1 is 0.897 bits per heavy atom. The summed E-state index contributed by atoms with van der Waals surface area (Å²) in [6.07, 6.45) is 3.90. The first-order valence-electron chi connectivity index (χ1n) is 9.93. The van der Waals surface area contributed by atoms with Gasteiger partial charge in [0.05, 0.1) is 5.69 Å². The highest BCUT2D eigenvalue weighted by atomic mass is 16.5. The van der Waals surface area contributed by atoms with E-state index in [2.05, 4.69) is 57.0 Å². The lowest BCUT2D eigenvalue weighted by atomic mass is 10.1. The van der Waals surface area contributed by atoms with Crippen LogP contribution in [0.1, 0.15) is 23.2 Å². The molecule has 1 aromatic heterocycles. The second-order valence-electron chi connectivity index (χ2n) is 6.70. The van der Waals surface area contributed by atoms with Crippen LogP contribution in [-0.4, -0.2) is 24.5 Å².